The molecule has 0 atom stereocenters. The molecule has 0 radical (unpaired) electrons. The summed E-state index contributed by atoms with van der Waals surface area (Å²) in [5.41, 5.74) is 3.25. The molecule has 0 unspecified atom stereocenters. The van der Waals surface area contributed by atoms with Crippen molar-refractivity contribution >= 4 is 28.8 Å². The van der Waals surface area contributed by atoms with Gasteiger partial charge < -0.3 is 10.1 Å². The maximum atomic E-state index is 13.2. The molecule has 0 saturated carbocycles. The summed E-state index contributed by atoms with van der Waals surface area (Å²) in [5, 5.41) is 8.36. The van der Waals surface area contributed by atoms with Crippen molar-refractivity contribution in [2.24, 2.45) is 5.10 Å². The number of amides is 2. The topological polar surface area (TPSA) is 79.8 Å². The van der Waals surface area contributed by atoms with Crippen LogP contribution in [-0.4, -0.2) is 31.2 Å². The highest BCUT2D eigenvalue weighted by molar-refractivity contribution is 6.03. The van der Waals surface area contributed by atoms with E-state index in [1.165, 1.54) is 24.4 Å². The highest BCUT2D eigenvalue weighted by Crippen LogP contribution is 2.26. The predicted octanol–water partition coefficient (Wildman–Crippen LogP) is 3.26. The van der Waals surface area contributed by atoms with Crippen molar-refractivity contribution in [3.8, 4) is 5.75 Å². The Morgan fingerprint density at radius 1 is 1.10 bits per heavy atom. The van der Waals surface area contributed by atoms with E-state index in [0.717, 1.165) is 22.4 Å². The molecule has 2 N–H and O–H groups in total. The summed E-state index contributed by atoms with van der Waals surface area (Å²) in [6.45, 7) is 2.09. The van der Waals surface area contributed by atoms with Crippen LogP contribution in [0.2, 0.25) is 0 Å². The lowest BCUT2D eigenvalue weighted by Gasteiger charge is -2.10. The zero-order valence-electron chi connectivity index (χ0n) is 15.8. The van der Waals surface area contributed by atoms with Gasteiger partial charge in [0.25, 0.3) is 11.8 Å². The van der Waals surface area contributed by atoms with Crippen molar-refractivity contribution < 1.29 is 18.7 Å². The second kappa shape index (κ2) is 9.45. The lowest BCUT2D eigenvalue weighted by molar-refractivity contribution is -0.120. The Labute approximate surface area is 167 Å². The van der Waals surface area contributed by atoms with Crippen LogP contribution >= 0.6 is 0 Å². The molecule has 0 spiro atoms. The lowest BCUT2D eigenvalue weighted by atomic mass is 10.0. The fourth-order valence-corrected chi connectivity index (χ4v) is 2.79. The number of nitrogens with one attached hydrogen (secondary N) is 2. The minimum Gasteiger partial charge on any atom is -0.493 e. The first kappa shape index (κ1) is 20.0. The Bertz CT molecular complexity index is 1070. The number of carbonyl (C=O) groups is 2. The van der Waals surface area contributed by atoms with E-state index in [9.17, 15) is 14.0 Å². The molecule has 0 heterocycles. The Balaban J connectivity index is 1.64. The van der Waals surface area contributed by atoms with Gasteiger partial charge in [0.15, 0.2) is 0 Å². The standard InChI is InChI=1S/C22H20FN3O3/c1-2-29-20-11-10-15-6-3-4-9-18(15)19(20)13-25-26-21(27)14-24-22(28)16-7-5-8-17(23)12-16/h3-13H,2,14H2,1H3,(H,24,28)(H,26,27)/b25-13-. The van der Waals surface area contributed by atoms with Crippen LogP contribution in [0.5, 0.6) is 5.75 Å². The Morgan fingerprint density at radius 3 is 2.72 bits per heavy atom. The number of fused-ring (bicyclic) bond motifs is 1. The molecule has 0 aliphatic carbocycles. The molecule has 148 valence electrons. The Hall–Kier alpha value is -3.74. The first-order valence-corrected chi connectivity index (χ1v) is 9.08. The largest absolute Gasteiger partial charge is 0.493 e. The van der Waals surface area contributed by atoms with Gasteiger partial charge in [-0.05, 0) is 42.0 Å². The van der Waals surface area contributed by atoms with Gasteiger partial charge in [0.05, 0.1) is 19.4 Å². The van der Waals surface area contributed by atoms with Gasteiger partial charge in [0.1, 0.15) is 11.6 Å². The molecule has 0 aromatic heterocycles. The number of halogens is 1. The SMILES string of the molecule is CCOc1ccc2ccccc2c1/C=N\NC(=O)CNC(=O)c1cccc(F)c1. The van der Waals surface area contributed by atoms with Gasteiger partial charge in [-0.3, -0.25) is 9.59 Å². The number of hydrogen-bond donors (Lipinski definition) is 2. The van der Waals surface area contributed by atoms with E-state index in [2.05, 4.69) is 15.8 Å². The van der Waals surface area contributed by atoms with Crippen molar-refractivity contribution in [2.75, 3.05) is 13.2 Å². The fourth-order valence-electron chi connectivity index (χ4n) is 2.79. The van der Waals surface area contributed by atoms with E-state index in [-0.39, 0.29) is 12.1 Å². The summed E-state index contributed by atoms with van der Waals surface area (Å²) in [7, 11) is 0. The molecule has 0 aliphatic rings. The highest BCUT2D eigenvalue weighted by atomic mass is 19.1. The van der Waals surface area contributed by atoms with Crippen LogP contribution in [0.4, 0.5) is 4.39 Å². The van der Waals surface area contributed by atoms with Gasteiger partial charge in [-0.15, -0.1) is 0 Å². The van der Waals surface area contributed by atoms with E-state index >= 15 is 0 Å². The first-order chi connectivity index (χ1) is 14.1. The number of benzene rings is 3. The quantitative estimate of drug-likeness (QED) is 0.478. The minimum atomic E-state index is -0.545. The summed E-state index contributed by atoms with van der Waals surface area (Å²) >= 11 is 0. The highest BCUT2D eigenvalue weighted by Gasteiger charge is 2.09. The molecule has 2 amide bonds. The molecule has 0 bridgehead atoms. The molecule has 0 fully saturated rings. The van der Waals surface area contributed by atoms with Crippen LogP contribution in [0.15, 0.2) is 65.8 Å². The predicted molar refractivity (Wildman–Crippen MR) is 110 cm³/mol. The van der Waals surface area contributed by atoms with E-state index in [1.54, 1.807) is 0 Å². The maximum absolute atomic E-state index is 13.2. The van der Waals surface area contributed by atoms with E-state index < -0.39 is 17.6 Å². The average Bonchev–Trinajstić information content (AvgIpc) is 2.73. The average molecular weight is 393 g/mol. The van der Waals surface area contributed by atoms with Crippen LogP contribution < -0.4 is 15.5 Å². The third-order valence-corrected chi connectivity index (χ3v) is 4.11. The normalized spacial score (nSPS) is 10.8. The van der Waals surface area contributed by atoms with Crippen molar-refractivity contribution in [1.82, 2.24) is 10.7 Å². The van der Waals surface area contributed by atoms with Gasteiger partial charge in [-0.1, -0.05) is 36.4 Å². The number of hydrazone groups is 1. The molecule has 0 saturated heterocycles. The summed E-state index contributed by atoms with van der Waals surface area (Å²) in [5.74, 6) is -0.920. The Kier molecular flexibility index (Phi) is 6.52. The summed E-state index contributed by atoms with van der Waals surface area (Å²) in [6.07, 6.45) is 1.51. The van der Waals surface area contributed by atoms with Crippen molar-refractivity contribution in [3.05, 3.63) is 77.6 Å². The fraction of sp³-hybridized carbons (Fsp3) is 0.136. The van der Waals surface area contributed by atoms with Crippen molar-refractivity contribution in [2.45, 2.75) is 6.92 Å². The number of nitrogens with zero attached hydrogens (tertiary/aromatic N) is 1. The molecular weight excluding hydrogens is 373 g/mol. The van der Waals surface area contributed by atoms with Crippen LogP contribution in [0.25, 0.3) is 10.8 Å². The summed E-state index contributed by atoms with van der Waals surface area (Å²) in [6, 6.07) is 16.8. The second-order valence-electron chi connectivity index (χ2n) is 6.12. The van der Waals surface area contributed by atoms with Crippen molar-refractivity contribution in [3.63, 3.8) is 0 Å². The maximum Gasteiger partial charge on any atom is 0.259 e. The third kappa shape index (κ3) is 5.16. The third-order valence-electron chi connectivity index (χ3n) is 4.11. The first-order valence-electron chi connectivity index (χ1n) is 9.08. The molecule has 7 heteroatoms. The monoisotopic (exact) mass is 393 g/mol. The minimum absolute atomic E-state index is 0.137. The van der Waals surface area contributed by atoms with Crippen LogP contribution in [0.1, 0.15) is 22.8 Å². The number of carbonyl (C=O) groups excluding carboxylic acids is 2. The van der Waals surface area contributed by atoms with Crippen LogP contribution in [0.3, 0.4) is 0 Å². The molecule has 3 aromatic carbocycles. The van der Waals surface area contributed by atoms with E-state index in [0.29, 0.717) is 12.4 Å². The van der Waals surface area contributed by atoms with E-state index in [4.69, 9.17) is 4.74 Å². The summed E-state index contributed by atoms with van der Waals surface area (Å²) in [4.78, 5) is 23.9. The molecular formula is C22H20FN3O3. The molecule has 6 nitrogen and oxygen atoms in total. The van der Waals surface area contributed by atoms with E-state index in [1.807, 2.05) is 43.3 Å². The van der Waals surface area contributed by atoms with Crippen molar-refractivity contribution in [1.29, 1.82) is 0 Å². The lowest BCUT2D eigenvalue weighted by Crippen LogP contribution is -2.34. The van der Waals surface area contributed by atoms with Crippen LogP contribution in [-0.2, 0) is 4.79 Å². The molecule has 3 rings (SSSR count). The van der Waals surface area contributed by atoms with Gasteiger partial charge in [-0.2, -0.15) is 5.10 Å². The number of rotatable bonds is 7. The Morgan fingerprint density at radius 2 is 1.93 bits per heavy atom. The second-order valence-corrected chi connectivity index (χ2v) is 6.12. The van der Waals surface area contributed by atoms with Crippen LogP contribution in [0, 0.1) is 5.82 Å². The number of hydrogen-bond acceptors (Lipinski definition) is 4. The van der Waals surface area contributed by atoms with Gasteiger partial charge in [0.2, 0.25) is 0 Å². The zero-order valence-corrected chi connectivity index (χ0v) is 15.8. The van der Waals surface area contributed by atoms with Gasteiger partial charge in [0, 0.05) is 11.1 Å². The molecule has 0 aliphatic heterocycles. The smallest absolute Gasteiger partial charge is 0.259 e. The zero-order chi connectivity index (χ0) is 20.6. The molecule has 3 aromatic rings. The van der Waals surface area contributed by atoms with Gasteiger partial charge in [-0.25, -0.2) is 9.82 Å². The molecule has 29 heavy (non-hydrogen) atoms. The van der Waals surface area contributed by atoms with Gasteiger partial charge >= 0.3 is 0 Å². The number of ether oxygens (including phenoxy) is 1. The summed E-state index contributed by atoms with van der Waals surface area (Å²) < 4.78 is 18.8.